The van der Waals surface area contributed by atoms with E-state index in [9.17, 15) is 4.79 Å². The van der Waals surface area contributed by atoms with Crippen LogP contribution >= 0.6 is 24.8 Å². The van der Waals surface area contributed by atoms with Gasteiger partial charge in [-0.2, -0.15) is 0 Å². The minimum Gasteiger partial charge on any atom is -0.395 e. The van der Waals surface area contributed by atoms with E-state index in [1.165, 1.54) is 6.33 Å². The van der Waals surface area contributed by atoms with Crippen LogP contribution in [0.4, 0.5) is 5.82 Å². The molecule has 3 aromatic rings. The Balaban J connectivity index is 0.00000128. The summed E-state index contributed by atoms with van der Waals surface area (Å²) in [5, 5.41) is 16.6. The van der Waals surface area contributed by atoms with Gasteiger partial charge in [0.05, 0.1) is 12.1 Å². The van der Waals surface area contributed by atoms with Gasteiger partial charge in [-0.25, -0.2) is 9.97 Å². The number of aromatic nitrogens is 3. The zero-order valence-electron chi connectivity index (χ0n) is 16.4. The molecule has 2 aliphatic heterocycles. The molecule has 30 heavy (non-hydrogen) atoms. The molecule has 4 heterocycles. The van der Waals surface area contributed by atoms with Gasteiger partial charge in [0.15, 0.2) is 0 Å². The number of pyridine rings is 1. The number of rotatable bonds is 4. The number of nitrogens with one attached hydrogen (secondary N) is 2. The minimum absolute atomic E-state index is 0. The van der Waals surface area contributed by atoms with Crippen LogP contribution in [0.2, 0.25) is 0 Å². The van der Waals surface area contributed by atoms with Gasteiger partial charge in [-0.1, -0.05) is 6.07 Å². The largest absolute Gasteiger partial charge is 0.395 e. The molecule has 0 spiro atoms. The first-order chi connectivity index (χ1) is 13.7. The van der Waals surface area contributed by atoms with Crippen LogP contribution in [-0.4, -0.2) is 45.9 Å². The third kappa shape index (κ3) is 4.03. The van der Waals surface area contributed by atoms with Gasteiger partial charge in [0.1, 0.15) is 12.1 Å². The predicted octanol–water partition coefficient (Wildman–Crippen LogP) is 2.41. The summed E-state index contributed by atoms with van der Waals surface area (Å²) in [6.45, 7) is 3.19. The summed E-state index contributed by atoms with van der Waals surface area (Å²) in [6.07, 6.45) is 2.66. The minimum atomic E-state index is 0. The maximum atomic E-state index is 12.8. The fourth-order valence-corrected chi connectivity index (χ4v) is 4.52. The Morgan fingerprint density at radius 3 is 2.83 bits per heavy atom. The molecule has 1 saturated heterocycles. The van der Waals surface area contributed by atoms with Gasteiger partial charge in [0.25, 0.3) is 5.56 Å². The number of piperidine rings is 1. The van der Waals surface area contributed by atoms with Gasteiger partial charge < -0.3 is 20.3 Å². The summed E-state index contributed by atoms with van der Waals surface area (Å²) in [5.74, 6) is 1.63. The molecule has 0 unspecified atom stereocenters. The first-order valence-electron chi connectivity index (χ1n) is 9.78. The monoisotopic (exact) mass is 449 g/mol. The van der Waals surface area contributed by atoms with E-state index in [0.29, 0.717) is 24.2 Å². The fourth-order valence-electron chi connectivity index (χ4n) is 4.52. The zero-order chi connectivity index (χ0) is 19.1. The number of benzene rings is 1. The maximum absolute atomic E-state index is 12.8. The molecular formula is C21H25Cl2N5O2. The molecule has 2 aliphatic rings. The number of halogens is 2. The van der Waals surface area contributed by atoms with E-state index in [1.807, 2.05) is 22.8 Å². The molecule has 0 saturated carbocycles. The molecule has 3 N–H and O–H groups in total. The highest BCUT2D eigenvalue weighted by Crippen LogP contribution is 2.34. The lowest BCUT2D eigenvalue weighted by Gasteiger charge is -2.37. The van der Waals surface area contributed by atoms with Crippen LogP contribution in [-0.2, 0) is 6.54 Å². The molecule has 0 aliphatic carbocycles. The van der Waals surface area contributed by atoms with E-state index in [4.69, 9.17) is 5.11 Å². The maximum Gasteiger partial charge on any atom is 0.251 e. The molecular weight excluding hydrogens is 425 g/mol. The molecule has 0 radical (unpaired) electrons. The second-order valence-corrected chi connectivity index (χ2v) is 7.68. The summed E-state index contributed by atoms with van der Waals surface area (Å²) in [6, 6.07) is 9.88. The van der Waals surface area contributed by atoms with Crippen molar-refractivity contribution in [1.29, 1.82) is 0 Å². The average molecular weight is 450 g/mol. The number of aliphatic hydroxyl groups is 1. The molecule has 2 aromatic heterocycles. The molecule has 2 atom stereocenters. The number of nitrogens with zero attached hydrogens (tertiary/aromatic N) is 3. The Bertz CT molecular complexity index is 1100. The van der Waals surface area contributed by atoms with E-state index in [-0.39, 0.29) is 37.0 Å². The van der Waals surface area contributed by atoms with E-state index >= 15 is 0 Å². The smallest absolute Gasteiger partial charge is 0.251 e. The first kappa shape index (κ1) is 22.5. The van der Waals surface area contributed by atoms with Crippen LogP contribution in [0.15, 0.2) is 41.5 Å². The second-order valence-electron chi connectivity index (χ2n) is 7.68. The molecule has 9 heteroatoms. The summed E-state index contributed by atoms with van der Waals surface area (Å²) < 4.78 is 1.96. The van der Waals surface area contributed by atoms with Crippen molar-refractivity contribution in [2.45, 2.75) is 18.9 Å². The van der Waals surface area contributed by atoms with E-state index in [2.05, 4.69) is 26.7 Å². The molecule has 160 valence electrons. The Morgan fingerprint density at radius 2 is 2.00 bits per heavy atom. The quantitative estimate of drug-likeness (QED) is 0.566. The van der Waals surface area contributed by atoms with Crippen LogP contribution in [0, 0.1) is 5.92 Å². The van der Waals surface area contributed by atoms with E-state index in [0.717, 1.165) is 53.8 Å². The molecule has 5 rings (SSSR count). The Labute approximate surface area is 186 Å². The van der Waals surface area contributed by atoms with Crippen molar-refractivity contribution in [2.75, 3.05) is 31.6 Å². The van der Waals surface area contributed by atoms with Crippen LogP contribution < -0.4 is 16.2 Å². The number of fused-ring (bicyclic) bond motifs is 5. The van der Waals surface area contributed by atoms with Gasteiger partial charge in [-0.05, 0) is 48.2 Å². The lowest BCUT2D eigenvalue weighted by molar-refractivity contribution is 0.257. The van der Waals surface area contributed by atoms with Crippen molar-refractivity contribution in [3.63, 3.8) is 0 Å². The van der Waals surface area contributed by atoms with Gasteiger partial charge in [0.2, 0.25) is 0 Å². The van der Waals surface area contributed by atoms with Crippen molar-refractivity contribution in [3.05, 3.63) is 52.7 Å². The highest BCUT2D eigenvalue weighted by molar-refractivity contribution is 5.92. The number of hydrogen-bond donors (Lipinski definition) is 3. The summed E-state index contributed by atoms with van der Waals surface area (Å²) in [4.78, 5) is 21.5. The van der Waals surface area contributed by atoms with Gasteiger partial charge >= 0.3 is 0 Å². The number of anilines is 1. The molecule has 1 aromatic carbocycles. The zero-order valence-corrected chi connectivity index (χ0v) is 18.0. The van der Waals surface area contributed by atoms with Crippen molar-refractivity contribution < 1.29 is 5.11 Å². The Morgan fingerprint density at radius 1 is 1.13 bits per heavy atom. The molecule has 1 fully saturated rings. The normalized spacial score (nSPS) is 19.4. The lowest BCUT2D eigenvalue weighted by atomic mass is 9.83. The topological polar surface area (TPSA) is 92.1 Å². The third-order valence-corrected chi connectivity index (χ3v) is 5.83. The molecule has 2 bridgehead atoms. The summed E-state index contributed by atoms with van der Waals surface area (Å²) in [7, 11) is 0. The van der Waals surface area contributed by atoms with Crippen LogP contribution in [0.1, 0.15) is 18.0 Å². The fraction of sp³-hybridized carbons (Fsp3) is 0.381. The first-order valence-corrected chi connectivity index (χ1v) is 9.78. The van der Waals surface area contributed by atoms with Crippen molar-refractivity contribution in [3.8, 4) is 11.1 Å². The van der Waals surface area contributed by atoms with Crippen molar-refractivity contribution in [2.24, 2.45) is 5.92 Å². The van der Waals surface area contributed by atoms with E-state index in [1.54, 1.807) is 6.07 Å². The molecule has 0 amide bonds. The van der Waals surface area contributed by atoms with Gasteiger partial charge in [0, 0.05) is 42.7 Å². The summed E-state index contributed by atoms with van der Waals surface area (Å²) >= 11 is 0. The number of aliphatic hydroxyl groups excluding tert-OH is 1. The SMILES string of the molecule is Cl.Cl.O=c1cc(-c2ccc3ncnc(NCCO)c3c2)cc2n1C[C@@H]1CNC[C@H]2C1. The number of hydrogen-bond acceptors (Lipinski definition) is 6. The highest BCUT2D eigenvalue weighted by Gasteiger charge is 2.31. The van der Waals surface area contributed by atoms with Gasteiger partial charge in [-0.15, -0.1) is 24.8 Å². The standard InChI is InChI=1S/C21H23N5O2.2ClH/c27-4-3-23-21-17-6-14(1-2-18(17)24-12-25-21)15-7-19-16-5-13(9-22-10-16)11-26(19)20(28)8-15;;/h1-2,6-8,12-13,16,22,27H,3-5,9-11H2,(H,23,24,25);2*1H/t13-,16+;;/m0../s1. The van der Waals surface area contributed by atoms with Crippen LogP contribution in [0.5, 0.6) is 0 Å². The Hall–Kier alpha value is -2.19. The molecule has 7 nitrogen and oxygen atoms in total. The van der Waals surface area contributed by atoms with E-state index < -0.39 is 0 Å². The Kier molecular flexibility index (Phi) is 6.98. The third-order valence-electron chi connectivity index (χ3n) is 5.83. The van der Waals surface area contributed by atoms with Crippen molar-refractivity contribution in [1.82, 2.24) is 19.9 Å². The summed E-state index contributed by atoms with van der Waals surface area (Å²) in [5.41, 5.74) is 3.94. The second kappa shape index (κ2) is 9.31. The van der Waals surface area contributed by atoms with Crippen LogP contribution in [0.3, 0.4) is 0 Å². The van der Waals surface area contributed by atoms with Crippen LogP contribution in [0.25, 0.3) is 22.0 Å². The lowest BCUT2D eigenvalue weighted by Crippen LogP contribution is -2.44. The average Bonchev–Trinajstić information content (AvgIpc) is 2.73. The van der Waals surface area contributed by atoms with Crippen molar-refractivity contribution >= 4 is 41.5 Å². The predicted molar refractivity (Wildman–Crippen MR) is 123 cm³/mol. The van der Waals surface area contributed by atoms with Gasteiger partial charge in [-0.3, -0.25) is 4.79 Å². The highest BCUT2D eigenvalue weighted by atomic mass is 35.5.